The number of benzene rings is 1. The minimum Gasteiger partial charge on any atom is -0.481 e. The molecule has 1 unspecified atom stereocenters. The third kappa shape index (κ3) is 10.9. The molecule has 1 aromatic heterocycles. The topological polar surface area (TPSA) is 139 Å². The van der Waals surface area contributed by atoms with Gasteiger partial charge in [0.25, 0.3) is 0 Å². The van der Waals surface area contributed by atoms with Crippen molar-refractivity contribution in [2.24, 2.45) is 5.92 Å². The summed E-state index contributed by atoms with van der Waals surface area (Å²) < 4.78 is 7.60. The summed E-state index contributed by atoms with van der Waals surface area (Å²) in [5, 5.41) is 17.8. The number of nitrogens with zero attached hydrogens (tertiary/aromatic N) is 1. The van der Waals surface area contributed by atoms with Crippen LogP contribution in [0.1, 0.15) is 37.3 Å². The first kappa shape index (κ1) is 30.4. The molecule has 1 aromatic carbocycles. The molecule has 3 rings (SSSR count). The van der Waals surface area contributed by atoms with Gasteiger partial charge in [0.2, 0.25) is 17.7 Å². The second kappa shape index (κ2) is 16.0. The Balaban J connectivity index is 1.72. The molecule has 2 atom stereocenters. The Kier molecular flexibility index (Phi) is 12.2. The molecule has 0 spiro atoms. The van der Waals surface area contributed by atoms with E-state index in [0.29, 0.717) is 51.3 Å². The van der Waals surface area contributed by atoms with E-state index in [0.717, 1.165) is 11.1 Å². The predicted octanol–water partition coefficient (Wildman–Crippen LogP) is 2.86. The van der Waals surface area contributed by atoms with Crippen LogP contribution < -0.4 is 16.0 Å². The van der Waals surface area contributed by atoms with E-state index in [9.17, 15) is 24.3 Å². The zero-order valence-electron chi connectivity index (χ0n) is 22.8. The highest BCUT2D eigenvalue weighted by Crippen LogP contribution is 2.17. The highest BCUT2D eigenvalue weighted by atomic mass is 16.5. The van der Waals surface area contributed by atoms with Gasteiger partial charge in [-0.2, -0.15) is 0 Å². The third-order valence-electron chi connectivity index (χ3n) is 6.45. The van der Waals surface area contributed by atoms with Crippen molar-refractivity contribution in [3.05, 3.63) is 78.1 Å². The van der Waals surface area contributed by atoms with Gasteiger partial charge in [0.1, 0.15) is 6.04 Å². The van der Waals surface area contributed by atoms with Crippen molar-refractivity contribution in [1.82, 2.24) is 15.2 Å². The number of hydrogen-bond acceptors (Lipinski definition) is 5. The van der Waals surface area contributed by atoms with Gasteiger partial charge in [-0.05, 0) is 48.6 Å². The molecule has 3 amide bonds. The summed E-state index contributed by atoms with van der Waals surface area (Å²) in [4.78, 5) is 49.2. The number of carboxylic acid groups (broad SMARTS) is 1. The van der Waals surface area contributed by atoms with Crippen molar-refractivity contribution < 1.29 is 29.0 Å². The molecule has 2 heterocycles. The van der Waals surface area contributed by atoms with E-state index in [1.54, 1.807) is 12.1 Å². The molecule has 1 aliphatic rings. The first-order valence-electron chi connectivity index (χ1n) is 13.5. The third-order valence-corrected chi connectivity index (χ3v) is 6.45. The smallest absolute Gasteiger partial charge is 0.304 e. The number of carbonyl (C=O) groups excluding carboxylic acids is 3. The normalized spacial score (nSPS) is 16.2. The minimum absolute atomic E-state index is 0.151. The average Bonchev–Trinajstić information content (AvgIpc) is 3.01. The van der Waals surface area contributed by atoms with Crippen molar-refractivity contribution in [3.63, 3.8) is 0 Å². The summed E-state index contributed by atoms with van der Waals surface area (Å²) in [6, 6.07) is 16.0. The van der Waals surface area contributed by atoms with Crippen LogP contribution in [0.15, 0.2) is 67.0 Å². The number of aliphatic carboxylic acids is 1. The molecular weight excluding hydrogens is 512 g/mol. The van der Waals surface area contributed by atoms with Crippen LogP contribution >= 0.6 is 0 Å². The number of carboxylic acids is 1. The van der Waals surface area contributed by atoms with Crippen LogP contribution in [0.2, 0.25) is 0 Å². The molecule has 2 bridgehead atoms. The number of aromatic nitrogens is 1. The Hall–Kier alpha value is -4.18. The molecule has 40 heavy (non-hydrogen) atoms. The number of hydrogen-bond donors (Lipinski definition) is 4. The van der Waals surface area contributed by atoms with Gasteiger partial charge in [0.05, 0.1) is 19.6 Å². The molecule has 0 fully saturated rings. The number of fused-ring (bicyclic) bond motifs is 2. The van der Waals surface area contributed by atoms with Gasteiger partial charge >= 0.3 is 5.97 Å². The molecule has 214 valence electrons. The number of aryl methyl sites for hydroxylation is 1. The van der Waals surface area contributed by atoms with Crippen LogP contribution in [0.25, 0.3) is 0 Å². The Morgan fingerprint density at radius 2 is 1.88 bits per heavy atom. The summed E-state index contributed by atoms with van der Waals surface area (Å²) >= 11 is 0. The summed E-state index contributed by atoms with van der Waals surface area (Å²) in [5.74, 6) is -2.83. The van der Waals surface area contributed by atoms with Crippen LogP contribution in [-0.4, -0.2) is 59.2 Å². The second-order valence-electron chi connectivity index (χ2n) is 9.76. The van der Waals surface area contributed by atoms with E-state index < -0.39 is 23.8 Å². The molecule has 4 N–H and O–H groups in total. The molecule has 1 aliphatic heterocycles. The van der Waals surface area contributed by atoms with Gasteiger partial charge in [-0.15, -0.1) is 0 Å². The Labute approximate surface area is 234 Å². The van der Waals surface area contributed by atoms with Crippen molar-refractivity contribution >= 4 is 29.4 Å². The molecule has 10 nitrogen and oxygen atoms in total. The SMILES string of the molecule is CC(=O)Nc1ccc(CCC[C@H](CC(=O)O)C(=O)NC2Cc3ccccccn(c3)CCOCCNC2=O)cc1. The first-order chi connectivity index (χ1) is 19.3. The van der Waals surface area contributed by atoms with Crippen molar-refractivity contribution in [2.45, 2.75) is 51.6 Å². The lowest BCUT2D eigenvalue weighted by atomic mass is 9.95. The maximum Gasteiger partial charge on any atom is 0.304 e. The fourth-order valence-corrected chi connectivity index (χ4v) is 4.45. The van der Waals surface area contributed by atoms with E-state index >= 15 is 0 Å². The Morgan fingerprint density at radius 3 is 2.62 bits per heavy atom. The van der Waals surface area contributed by atoms with E-state index in [-0.39, 0.29) is 24.7 Å². The summed E-state index contributed by atoms with van der Waals surface area (Å²) in [5.41, 5.74) is 2.53. The van der Waals surface area contributed by atoms with E-state index in [1.807, 2.05) is 59.4 Å². The fourth-order valence-electron chi connectivity index (χ4n) is 4.45. The first-order valence-corrected chi connectivity index (χ1v) is 13.5. The fraction of sp³-hybridized carbons (Fsp3) is 0.400. The lowest BCUT2D eigenvalue weighted by Crippen LogP contribution is -2.50. The lowest BCUT2D eigenvalue weighted by molar-refractivity contribution is -0.141. The summed E-state index contributed by atoms with van der Waals surface area (Å²) in [6.07, 6.45) is 5.32. The predicted molar refractivity (Wildman–Crippen MR) is 151 cm³/mol. The quantitative estimate of drug-likeness (QED) is 0.379. The van der Waals surface area contributed by atoms with Crippen LogP contribution in [0.3, 0.4) is 0 Å². The monoisotopic (exact) mass is 550 g/mol. The number of anilines is 1. The zero-order valence-corrected chi connectivity index (χ0v) is 22.8. The van der Waals surface area contributed by atoms with E-state index in [1.165, 1.54) is 6.92 Å². The van der Waals surface area contributed by atoms with Crippen LogP contribution in [0.4, 0.5) is 5.69 Å². The van der Waals surface area contributed by atoms with Gasteiger partial charge in [-0.3, -0.25) is 19.2 Å². The highest BCUT2D eigenvalue weighted by Gasteiger charge is 2.27. The van der Waals surface area contributed by atoms with Crippen molar-refractivity contribution in [2.75, 3.05) is 25.1 Å². The maximum atomic E-state index is 13.3. The molecule has 2 aromatic rings. The van der Waals surface area contributed by atoms with Crippen LogP contribution in [0.5, 0.6) is 0 Å². The maximum absolute atomic E-state index is 13.3. The molecule has 0 saturated carbocycles. The summed E-state index contributed by atoms with van der Waals surface area (Å²) in [7, 11) is 0. The molecule has 0 radical (unpaired) electrons. The molecule has 0 aliphatic carbocycles. The number of nitrogens with one attached hydrogen (secondary N) is 3. The van der Waals surface area contributed by atoms with Gasteiger partial charge < -0.3 is 30.4 Å². The standard InChI is InChI=1S/C30H38N4O6/c1-22(35)32-26-12-10-23(11-13-26)8-6-9-25(20-28(36)37)29(38)33-27-19-24-7-4-2-3-5-15-34(21-24)16-18-40-17-14-31-30(27)39/h2-5,7,10-13,15,21,25,27H,6,8-9,14,16-20H2,1H3,(H,31,39)(H,32,35)(H,33,38)(H,36,37)/t25-,27?/m1/s1. The van der Waals surface area contributed by atoms with Crippen molar-refractivity contribution in [3.8, 4) is 0 Å². The zero-order chi connectivity index (χ0) is 28.7. The lowest BCUT2D eigenvalue weighted by Gasteiger charge is -2.22. The Morgan fingerprint density at radius 1 is 1.10 bits per heavy atom. The number of ether oxygens (including phenoxy) is 1. The molecule has 0 saturated heterocycles. The van der Waals surface area contributed by atoms with Gasteiger partial charge in [-0.1, -0.05) is 36.4 Å². The average molecular weight is 551 g/mol. The summed E-state index contributed by atoms with van der Waals surface area (Å²) in [6.45, 7) is 3.21. The minimum atomic E-state index is -1.07. The van der Waals surface area contributed by atoms with Gasteiger partial charge in [-0.25, -0.2) is 0 Å². The van der Waals surface area contributed by atoms with Gasteiger partial charge in [0.15, 0.2) is 0 Å². The molecular formula is C30H38N4O6. The van der Waals surface area contributed by atoms with E-state index in [4.69, 9.17) is 4.74 Å². The highest BCUT2D eigenvalue weighted by molar-refractivity contribution is 5.90. The largest absolute Gasteiger partial charge is 0.481 e. The number of carbonyl (C=O) groups is 4. The van der Waals surface area contributed by atoms with Crippen molar-refractivity contribution in [1.29, 1.82) is 0 Å². The van der Waals surface area contributed by atoms with Crippen LogP contribution in [-0.2, 0) is 43.3 Å². The van der Waals surface area contributed by atoms with E-state index in [2.05, 4.69) is 16.0 Å². The Bertz CT molecular complexity index is 1210. The second-order valence-corrected chi connectivity index (χ2v) is 9.76. The number of amides is 3. The van der Waals surface area contributed by atoms with Gasteiger partial charge in [0, 0.05) is 50.4 Å². The number of rotatable bonds is 9. The van der Waals surface area contributed by atoms with Crippen LogP contribution in [0, 0.1) is 5.92 Å². The molecule has 10 heteroatoms.